The molecule has 0 atom stereocenters. The van der Waals surface area contributed by atoms with Gasteiger partial charge >= 0.3 is 23.7 Å². The summed E-state index contributed by atoms with van der Waals surface area (Å²) >= 11 is 0.750. The average Bonchev–Trinajstić information content (AvgIpc) is 4.40. The smallest absolute Gasteiger partial charge is 0.0927 e. The maximum Gasteiger partial charge on any atom is 0.0927 e. The normalized spacial score (nSPS) is 11.2. The predicted molar refractivity (Wildman–Crippen MR) is 325 cm³/mol. The molecule has 3 aromatic heterocycles. The summed E-state index contributed by atoms with van der Waals surface area (Å²) in [6.45, 7) is 4.27. The Labute approximate surface area is 485 Å². The summed E-state index contributed by atoms with van der Waals surface area (Å²) in [6, 6.07) is 87.9. The molecule has 2 aliphatic rings. The second kappa shape index (κ2) is 22.4. The Hall–Kier alpha value is -10.3. The molecular formula is C70H48N10OTi. The summed E-state index contributed by atoms with van der Waals surface area (Å²) in [5, 5.41) is 3.57. The fraction of sp³-hybridized carbons (Fsp3) is 0.0286. The van der Waals surface area contributed by atoms with Gasteiger partial charge in [0.15, 0.2) is 0 Å². The van der Waals surface area contributed by atoms with Gasteiger partial charge in [0.25, 0.3) is 0 Å². The molecule has 2 aliphatic heterocycles. The molecule has 13 aromatic rings. The van der Waals surface area contributed by atoms with E-state index in [9.17, 15) is 0 Å². The van der Waals surface area contributed by atoms with Crippen LogP contribution in [0.2, 0.25) is 0 Å². The van der Waals surface area contributed by atoms with Gasteiger partial charge in [0.2, 0.25) is 0 Å². The minimum Gasteiger partial charge on any atom is -0.357 e. The summed E-state index contributed by atoms with van der Waals surface area (Å²) in [4.78, 5) is 43.9. The number of benzene rings is 10. The van der Waals surface area contributed by atoms with Crippen LogP contribution in [0.5, 0.6) is 0 Å². The molecule has 0 N–H and O–H groups in total. The Morgan fingerprint density at radius 1 is 0.280 bits per heavy atom. The zero-order valence-electron chi connectivity index (χ0n) is 44.6. The van der Waals surface area contributed by atoms with E-state index in [-0.39, 0.29) is 0 Å². The van der Waals surface area contributed by atoms with Gasteiger partial charge in [-0.3, -0.25) is 0 Å². The zero-order valence-corrected chi connectivity index (χ0v) is 46.2. The van der Waals surface area contributed by atoms with Crippen LogP contribution in [0.1, 0.15) is 11.1 Å². The van der Waals surface area contributed by atoms with Crippen LogP contribution in [0.25, 0.3) is 101 Å². The summed E-state index contributed by atoms with van der Waals surface area (Å²) < 4.78 is 8.25. The van der Waals surface area contributed by atoms with Crippen LogP contribution in [-0.4, -0.2) is 29.9 Å². The van der Waals surface area contributed by atoms with E-state index >= 15 is 0 Å². The predicted octanol–water partition coefficient (Wildman–Crippen LogP) is 16.9. The Kier molecular flexibility index (Phi) is 14.0. The monoisotopic (exact) mass is 1090 g/mol. The number of hydrogen-bond acceptors (Lipinski definition) is 9. The van der Waals surface area contributed by atoms with E-state index in [1.807, 2.05) is 97.1 Å². The number of fused-ring (bicyclic) bond motifs is 20. The first-order valence-electron chi connectivity index (χ1n) is 26.8. The van der Waals surface area contributed by atoms with Crippen molar-refractivity contribution in [3.8, 4) is 56.7 Å². The van der Waals surface area contributed by atoms with Crippen LogP contribution < -0.4 is 19.8 Å². The van der Waals surface area contributed by atoms with E-state index < -0.39 is 0 Å². The number of anilines is 6. The Morgan fingerprint density at radius 2 is 0.549 bits per heavy atom. The molecule has 8 bridgehead atoms. The topological polar surface area (TPSA) is 129 Å². The van der Waals surface area contributed by atoms with Gasteiger partial charge in [-0.25, -0.2) is 9.97 Å². The van der Waals surface area contributed by atoms with Crippen molar-refractivity contribution in [3.05, 3.63) is 266 Å². The molecular weight excluding hydrogens is 1040 g/mol. The molecule has 82 heavy (non-hydrogen) atoms. The van der Waals surface area contributed by atoms with Crippen molar-refractivity contribution in [2.24, 2.45) is 0 Å². The first-order valence-corrected chi connectivity index (χ1v) is 27.4. The van der Waals surface area contributed by atoms with Gasteiger partial charge in [0.05, 0.1) is 23.3 Å². The largest absolute Gasteiger partial charge is 0.357 e. The maximum atomic E-state index is 8.25. The third-order valence-electron chi connectivity index (χ3n) is 14.5. The summed E-state index contributed by atoms with van der Waals surface area (Å²) in [5.74, 6) is 2.21. The van der Waals surface area contributed by atoms with Crippen LogP contribution >= 0.6 is 0 Å². The molecule has 0 radical (unpaired) electrons. The van der Waals surface area contributed by atoms with Crippen molar-refractivity contribution in [2.45, 2.75) is 13.8 Å². The fourth-order valence-electron chi connectivity index (χ4n) is 10.6. The van der Waals surface area contributed by atoms with Gasteiger partial charge in [-0.2, -0.15) is 0 Å². The SMILES string of the molecule is Cc1cccc(N(c2ccccc2)c2ccc(-c3ccc(N(c4ccccc4)c4cccc(C)c4)cc3)cc2)c1.[O]=[Ti+2].c1ccc2c(c1)-c1nc-2nc2[n-]c(nc3nc(nc4[n-]c(n1)c1ccccc41)-c1ccccc1-3)c1ccccc21. The van der Waals surface area contributed by atoms with Crippen molar-refractivity contribution in [2.75, 3.05) is 9.80 Å². The number of para-hydroxylation sites is 2. The molecule has 0 fully saturated rings. The molecule has 0 saturated heterocycles. The molecule has 0 aliphatic carbocycles. The maximum absolute atomic E-state index is 8.25. The van der Waals surface area contributed by atoms with Crippen molar-refractivity contribution < 1.29 is 23.7 Å². The van der Waals surface area contributed by atoms with E-state index in [2.05, 4.69) is 181 Å². The molecule has 5 heterocycles. The first kappa shape index (κ1) is 51.1. The third-order valence-corrected chi connectivity index (χ3v) is 14.5. The van der Waals surface area contributed by atoms with Gasteiger partial charge in [-0.1, -0.05) is 182 Å². The third kappa shape index (κ3) is 9.96. The quantitative estimate of drug-likeness (QED) is 0.141. The molecule has 12 heteroatoms. The Balaban J connectivity index is 0.000000150. The van der Waals surface area contributed by atoms with E-state index in [0.29, 0.717) is 45.9 Å². The van der Waals surface area contributed by atoms with Crippen LogP contribution in [-0.2, 0) is 23.7 Å². The summed E-state index contributed by atoms with van der Waals surface area (Å²) in [5.41, 5.74) is 17.5. The summed E-state index contributed by atoms with van der Waals surface area (Å²) in [6.07, 6.45) is 0. The van der Waals surface area contributed by atoms with Gasteiger partial charge in [0.1, 0.15) is 0 Å². The van der Waals surface area contributed by atoms with Crippen LogP contribution in [0.3, 0.4) is 0 Å². The Bertz CT molecular complexity index is 4210. The minimum absolute atomic E-state index is 0.552. The molecule has 11 nitrogen and oxygen atoms in total. The van der Waals surface area contributed by atoms with Crippen LogP contribution in [0, 0.1) is 13.8 Å². The van der Waals surface area contributed by atoms with Crippen molar-refractivity contribution >= 4 is 78.3 Å². The average molecular weight is 1090 g/mol. The minimum atomic E-state index is 0.552. The van der Waals surface area contributed by atoms with Crippen LogP contribution in [0.4, 0.5) is 34.1 Å². The zero-order chi connectivity index (χ0) is 55.5. The second-order valence-corrected chi connectivity index (χ2v) is 19.8. The van der Waals surface area contributed by atoms with Crippen molar-refractivity contribution in [3.63, 3.8) is 0 Å². The standard InChI is InChI=1S/C38H32N2.C32H16N8.O.Ti/c1-29-11-9-17-37(27-29)39(33-13-5-3-6-14-33)35-23-19-31(20-24-35)32-21-25-36(26-22-32)40(34-15-7-4-8-16-34)38-18-10-12-30(2)28-38;1-2-10-18-17(9-1)25-33-26(18)38-28-21-13-5-6-14-22(21)30(35-28)40-32-24-16-8-7-15-23(24)31(36-32)39-29-20-12-4-3-11-19(20)27(34-29)37-25;;/h3-28H,1-2H3;1-16H;;/q;-2;;+2. The number of rotatable bonds is 7. The summed E-state index contributed by atoms with van der Waals surface area (Å²) in [7, 11) is 0. The number of aromatic nitrogens is 8. The number of aryl methyl sites for hydroxylation is 2. The molecule has 0 unspecified atom stereocenters. The molecule has 15 rings (SSSR count). The van der Waals surface area contributed by atoms with E-state index in [1.54, 1.807) is 0 Å². The van der Waals surface area contributed by atoms with Crippen LogP contribution in [0.15, 0.2) is 255 Å². The van der Waals surface area contributed by atoms with Gasteiger partial charge in [-0.05, 0) is 130 Å². The Morgan fingerprint density at radius 3 is 0.854 bits per heavy atom. The molecule has 10 aromatic carbocycles. The van der Waals surface area contributed by atoms with E-state index in [0.717, 1.165) is 98.3 Å². The van der Waals surface area contributed by atoms with Gasteiger partial charge < -0.3 is 39.7 Å². The first-order chi connectivity index (χ1) is 40.5. The fourth-order valence-corrected chi connectivity index (χ4v) is 10.6. The molecule has 0 spiro atoms. The van der Waals surface area contributed by atoms with Crippen molar-refractivity contribution in [1.82, 2.24) is 39.9 Å². The van der Waals surface area contributed by atoms with Gasteiger partial charge in [0, 0.05) is 79.0 Å². The molecule has 0 saturated carbocycles. The van der Waals surface area contributed by atoms with Crippen molar-refractivity contribution in [1.29, 1.82) is 0 Å². The molecule has 0 amide bonds. The second-order valence-electron chi connectivity index (χ2n) is 19.8. The number of hydrogen-bond donors (Lipinski definition) is 0. The van der Waals surface area contributed by atoms with E-state index in [1.165, 1.54) is 22.3 Å². The number of nitrogens with zero attached hydrogens (tertiary/aromatic N) is 10. The molecule has 388 valence electrons. The van der Waals surface area contributed by atoms with E-state index in [4.69, 9.17) is 43.2 Å². The van der Waals surface area contributed by atoms with Gasteiger partial charge in [-0.15, -0.1) is 0 Å².